The van der Waals surface area contributed by atoms with Crippen LogP contribution in [0.2, 0.25) is 0 Å². The van der Waals surface area contributed by atoms with E-state index in [2.05, 4.69) is 34.5 Å². The Balaban J connectivity index is 0.00000162. The molecule has 0 unspecified atom stereocenters. The second kappa shape index (κ2) is 11.8. The van der Waals surface area contributed by atoms with Crippen LogP contribution in [0.15, 0.2) is 58.5 Å². The van der Waals surface area contributed by atoms with E-state index in [1.807, 2.05) is 48.5 Å². The fourth-order valence-corrected chi connectivity index (χ4v) is 1.19. The van der Waals surface area contributed by atoms with Gasteiger partial charge < -0.3 is 9.98 Å². The van der Waals surface area contributed by atoms with E-state index in [0.29, 0.717) is 6.42 Å². The third-order valence-corrected chi connectivity index (χ3v) is 1.94. The zero-order valence-corrected chi connectivity index (χ0v) is 16.1. The normalized spacial score (nSPS) is 10.1. The molecule has 0 aliphatic rings. The maximum absolute atomic E-state index is 4.10. The van der Waals surface area contributed by atoms with E-state index in [-0.39, 0.29) is 65.4 Å². The summed E-state index contributed by atoms with van der Waals surface area (Å²) in [6.07, 6.45) is 6.14. The van der Waals surface area contributed by atoms with Crippen LogP contribution in [0.5, 0.6) is 0 Å². The Morgan fingerprint density at radius 1 is 0.789 bits per heavy atom. The summed E-state index contributed by atoms with van der Waals surface area (Å²) < 4.78 is 0. The summed E-state index contributed by atoms with van der Waals surface area (Å²) in [7, 11) is 0. The molecule has 0 bridgehead atoms. The zero-order chi connectivity index (χ0) is 11.8. The SMILES string of the molecule is [C-](C[C-]=Nc1[c-]cccc1)=Nc1[c-]cccc1.[Y].[Y]. The van der Waals surface area contributed by atoms with Crippen LogP contribution in [0.3, 0.4) is 0 Å². The topological polar surface area (TPSA) is 24.7 Å². The first-order valence-electron chi connectivity index (χ1n) is 5.26. The van der Waals surface area contributed by atoms with Crippen molar-refractivity contribution in [2.24, 2.45) is 9.98 Å². The predicted molar refractivity (Wildman–Crippen MR) is 69.4 cm³/mol. The minimum absolute atomic E-state index is 0. The van der Waals surface area contributed by atoms with Gasteiger partial charge in [-0.05, 0) is 0 Å². The van der Waals surface area contributed by atoms with Gasteiger partial charge in [-0.1, -0.05) is 0 Å². The molecule has 2 rings (SSSR count). The number of rotatable bonds is 4. The minimum Gasteiger partial charge on any atom is -0.483 e. The number of benzene rings is 2. The van der Waals surface area contributed by atoms with E-state index in [1.54, 1.807) is 0 Å². The number of nitrogens with zero attached hydrogens (tertiary/aromatic N) is 2. The molecule has 0 fully saturated rings. The number of para-hydroxylation sites is 2. The monoisotopic (exact) mass is 396 g/mol. The molecule has 0 heterocycles. The molecule has 0 spiro atoms. The Morgan fingerprint density at radius 3 is 1.63 bits per heavy atom. The van der Waals surface area contributed by atoms with Crippen LogP contribution in [0, 0.1) is 12.1 Å². The van der Waals surface area contributed by atoms with Crippen molar-refractivity contribution in [2.75, 3.05) is 0 Å². The Kier molecular flexibility index (Phi) is 11.8. The number of hydrogen-bond donors (Lipinski definition) is 0. The summed E-state index contributed by atoms with van der Waals surface area (Å²) in [5, 5.41) is 0. The van der Waals surface area contributed by atoms with E-state index in [0.717, 1.165) is 11.4 Å². The van der Waals surface area contributed by atoms with Crippen molar-refractivity contribution in [2.45, 2.75) is 6.42 Å². The average molecular weight is 396 g/mol. The van der Waals surface area contributed by atoms with E-state index in [1.165, 1.54) is 0 Å². The molecule has 0 aromatic heterocycles. The molecule has 2 radical (unpaired) electrons. The predicted octanol–water partition coefficient (Wildman–Crippen LogP) is 3.53. The van der Waals surface area contributed by atoms with Crippen LogP contribution in [0.25, 0.3) is 0 Å². The number of aliphatic imine (C=N–C) groups is 2. The van der Waals surface area contributed by atoms with Gasteiger partial charge in [0, 0.05) is 65.4 Å². The third-order valence-electron chi connectivity index (χ3n) is 1.94. The summed E-state index contributed by atoms with van der Waals surface area (Å²) >= 11 is 0. The van der Waals surface area contributed by atoms with Gasteiger partial charge in [-0.2, -0.15) is 48.8 Å². The van der Waals surface area contributed by atoms with Crippen molar-refractivity contribution in [3.63, 3.8) is 0 Å². The van der Waals surface area contributed by atoms with Crippen LogP contribution < -0.4 is 0 Å². The van der Waals surface area contributed by atoms with Gasteiger partial charge in [-0.3, -0.25) is 12.1 Å². The molecule has 0 saturated heterocycles. The van der Waals surface area contributed by atoms with Crippen molar-refractivity contribution in [1.82, 2.24) is 0 Å². The maximum Gasteiger partial charge on any atom is 0 e. The molecule has 0 amide bonds. The Morgan fingerprint density at radius 2 is 1.26 bits per heavy atom. The average Bonchev–Trinajstić information content (AvgIpc) is 2.41. The smallest absolute Gasteiger partial charge is 0 e. The van der Waals surface area contributed by atoms with Crippen molar-refractivity contribution >= 4 is 23.8 Å². The third kappa shape index (κ3) is 7.99. The van der Waals surface area contributed by atoms with Crippen LogP contribution in [-0.4, -0.2) is 12.4 Å². The van der Waals surface area contributed by atoms with Crippen molar-refractivity contribution in [3.05, 3.63) is 60.7 Å². The Bertz CT molecular complexity index is 449. The maximum atomic E-state index is 4.10. The quantitative estimate of drug-likeness (QED) is 0.558. The van der Waals surface area contributed by atoms with Crippen molar-refractivity contribution < 1.29 is 65.4 Å². The molecule has 0 aliphatic heterocycles. The summed E-state index contributed by atoms with van der Waals surface area (Å²) in [5.74, 6) is 0. The summed E-state index contributed by atoms with van der Waals surface area (Å²) in [6.45, 7) is 0. The van der Waals surface area contributed by atoms with Crippen LogP contribution >= 0.6 is 0 Å². The molecule has 0 saturated carbocycles. The molecular formula is C15H10N2Y2-4. The van der Waals surface area contributed by atoms with Crippen molar-refractivity contribution in [1.29, 1.82) is 0 Å². The fourth-order valence-electron chi connectivity index (χ4n) is 1.19. The molecule has 0 atom stereocenters. The number of hydrogen-bond acceptors (Lipinski definition) is 2. The van der Waals surface area contributed by atoms with Crippen LogP contribution in [0.1, 0.15) is 6.42 Å². The molecule has 4 heteroatoms. The molecule has 2 nitrogen and oxygen atoms in total. The molecule has 90 valence electrons. The van der Waals surface area contributed by atoms with E-state index in [4.69, 9.17) is 0 Å². The first kappa shape index (κ1) is 19.0. The largest absolute Gasteiger partial charge is 0.483 e. The van der Waals surface area contributed by atoms with Crippen molar-refractivity contribution in [3.8, 4) is 0 Å². The Labute approximate surface area is 164 Å². The first-order valence-corrected chi connectivity index (χ1v) is 5.26. The van der Waals surface area contributed by atoms with Gasteiger partial charge >= 0.3 is 0 Å². The summed E-state index contributed by atoms with van der Waals surface area (Å²) in [6, 6.07) is 21.0. The van der Waals surface area contributed by atoms with Gasteiger partial charge in [-0.25, -0.2) is 23.5 Å². The second-order valence-electron chi connectivity index (χ2n) is 3.21. The van der Waals surface area contributed by atoms with Crippen LogP contribution in [0.4, 0.5) is 11.4 Å². The minimum atomic E-state index is 0. The van der Waals surface area contributed by atoms with E-state index in [9.17, 15) is 0 Å². The second-order valence-corrected chi connectivity index (χ2v) is 3.21. The first-order chi connectivity index (χ1) is 8.45. The summed E-state index contributed by atoms with van der Waals surface area (Å²) in [5.41, 5.74) is 1.53. The molecule has 0 N–H and O–H groups in total. The van der Waals surface area contributed by atoms with E-state index >= 15 is 0 Å². The molecular weight excluding hydrogens is 386 g/mol. The van der Waals surface area contributed by atoms with Gasteiger partial charge in [0.25, 0.3) is 0 Å². The molecule has 2 aromatic rings. The van der Waals surface area contributed by atoms with Crippen LogP contribution in [-0.2, 0) is 65.4 Å². The Hall–Kier alpha value is -0.0122. The van der Waals surface area contributed by atoms with Gasteiger partial charge in [-0.15, -0.1) is 6.42 Å². The zero-order valence-electron chi connectivity index (χ0n) is 10.4. The van der Waals surface area contributed by atoms with Gasteiger partial charge in [0.2, 0.25) is 0 Å². The summed E-state index contributed by atoms with van der Waals surface area (Å²) in [4.78, 5) is 8.20. The van der Waals surface area contributed by atoms with E-state index < -0.39 is 0 Å². The fraction of sp³-hybridized carbons (Fsp3) is 0.0667. The van der Waals surface area contributed by atoms with Gasteiger partial charge in [0.1, 0.15) is 0 Å². The standard InChI is InChI=1S/C15H10N2.2Y/c1-3-8-14(9-4-1)16-12-7-13-17-15-10-5-2-6-11-15;;/h1-6,8,10H,7H2;;/q-4;;. The molecule has 0 aliphatic carbocycles. The van der Waals surface area contributed by atoms with Gasteiger partial charge in [0.15, 0.2) is 0 Å². The molecule has 19 heavy (non-hydrogen) atoms. The van der Waals surface area contributed by atoms with Gasteiger partial charge in [0.05, 0.1) is 0 Å². The molecule has 2 aromatic carbocycles.